The molecule has 3 unspecified atom stereocenters. The van der Waals surface area contributed by atoms with E-state index >= 15 is 0 Å². The number of fused-ring (bicyclic) bond motifs is 9. The summed E-state index contributed by atoms with van der Waals surface area (Å²) in [5, 5.41) is 0. The van der Waals surface area contributed by atoms with Gasteiger partial charge in [0.25, 0.3) is 0 Å². The molecule has 0 amide bonds. The van der Waals surface area contributed by atoms with Crippen molar-refractivity contribution in [1.82, 2.24) is 15.0 Å². The van der Waals surface area contributed by atoms with Crippen molar-refractivity contribution in [2.75, 3.05) is 0 Å². The van der Waals surface area contributed by atoms with Gasteiger partial charge in [-0.25, -0.2) is 15.0 Å². The van der Waals surface area contributed by atoms with Gasteiger partial charge in [-0.3, -0.25) is 0 Å². The van der Waals surface area contributed by atoms with E-state index in [1.165, 1.54) is 22.3 Å². The van der Waals surface area contributed by atoms with Crippen LogP contribution in [0.4, 0.5) is 0 Å². The van der Waals surface area contributed by atoms with Crippen LogP contribution in [-0.2, 0) is 10.8 Å². The molecule has 57 heavy (non-hydrogen) atoms. The summed E-state index contributed by atoms with van der Waals surface area (Å²) in [7, 11) is 0. The van der Waals surface area contributed by atoms with Gasteiger partial charge in [-0.1, -0.05) is 183 Å². The molecular weight excluding hydrogens is 695 g/mol. The molecule has 2 heterocycles. The first-order valence-corrected chi connectivity index (χ1v) is 19.6. The standard InChI is InChI=1S/C53H37N3O/c1-52-31-13-12-28-48(52)53(43-25-9-8-24-42(43)52)44-26-10-11-27-46(44)57-47-34-39(29-30-45(47)53)38-21-15-23-41(33-38)51-55-49(36-18-6-3-7-19-36)54-50(56-51)40-22-14-20-37(32-40)35-16-4-2-5-17-35/h2-34,48H,1H3. The Bertz CT molecular complexity index is 2920. The van der Waals surface area contributed by atoms with Crippen LogP contribution in [0.3, 0.4) is 0 Å². The minimum atomic E-state index is -0.413. The second kappa shape index (κ2) is 13.0. The Balaban J connectivity index is 1.04. The summed E-state index contributed by atoms with van der Waals surface area (Å²) in [5.41, 5.74) is 11.7. The molecule has 1 spiro atoms. The highest BCUT2D eigenvalue weighted by molar-refractivity contribution is 5.78. The molecule has 4 heteroatoms. The topological polar surface area (TPSA) is 47.9 Å². The van der Waals surface area contributed by atoms with E-state index in [1.54, 1.807) is 0 Å². The fourth-order valence-corrected chi connectivity index (χ4v) is 9.59. The summed E-state index contributed by atoms with van der Waals surface area (Å²) in [6.45, 7) is 2.39. The average Bonchev–Trinajstić information content (AvgIpc) is 3.52. The van der Waals surface area contributed by atoms with Crippen molar-refractivity contribution in [3.8, 4) is 67.9 Å². The molecule has 270 valence electrons. The number of ether oxygens (including phenoxy) is 1. The smallest absolute Gasteiger partial charge is 0.164 e. The van der Waals surface area contributed by atoms with Crippen LogP contribution in [0.1, 0.15) is 29.2 Å². The monoisotopic (exact) mass is 731 g/mol. The molecule has 7 aromatic carbocycles. The molecule has 3 atom stereocenters. The van der Waals surface area contributed by atoms with Crippen LogP contribution in [0, 0.1) is 5.92 Å². The maximum atomic E-state index is 6.86. The SMILES string of the molecule is CC12C=CC=CC1C1(c3ccccc3Oc3cc(-c4cccc(-c5nc(-c6ccccc6)nc(-c6cccc(-c7ccccc7)c6)n5)c4)ccc31)c1ccccc12. The number of hydrogen-bond donors (Lipinski definition) is 0. The van der Waals surface area contributed by atoms with E-state index in [0.717, 1.165) is 50.4 Å². The zero-order valence-corrected chi connectivity index (χ0v) is 31.4. The predicted molar refractivity (Wildman–Crippen MR) is 229 cm³/mol. The molecule has 1 aromatic heterocycles. The van der Waals surface area contributed by atoms with Crippen molar-refractivity contribution in [2.45, 2.75) is 17.8 Å². The van der Waals surface area contributed by atoms with Crippen molar-refractivity contribution >= 4 is 0 Å². The van der Waals surface area contributed by atoms with Gasteiger partial charge in [0.05, 0.1) is 5.41 Å². The summed E-state index contributed by atoms with van der Waals surface area (Å²) >= 11 is 0. The van der Waals surface area contributed by atoms with Gasteiger partial charge in [-0.2, -0.15) is 0 Å². The Morgan fingerprint density at radius 3 is 1.61 bits per heavy atom. The van der Waals surface area contributed by atoms with Crippen molar-refractivity contribution < 1.29 is 4.74 Å². The molecule has 0 bridgehead atoms. The van der Waals surface area contributed by atoms with E-state index in [9.17, 15) is 0 Å². The molecule has 2 aliphatic carbocycles. The van der Waals surface area contributed by atoms with Crippen molar-refractivity contribution in [2.24, 2.45) is 5.92 Å². The van der Waals surface area contributed by atoms with Crippen LogP contribution in [0.5, 0.6) is 11.5 Å². The van der Waals surface area contributed by atoms with Crippen molar-refractivity contribution in [1.29, 1.82) is 0 Å². The van der Waals surface area contributed by atoms with Gasteiger partial charge in [0.2, 0.25) is 0 Å². The zero-order valence-electron chi connectivity index (χ0n) is 31.4. The highest BCUT2D eigenvalue weighted by Crippen LogP contribution is 2.66. The van der Waals surface area contributed by atoms with Gasteiger partial charge in [-0.05, 0) is 57.6 Å². The Kier molecular flexibility index (Phi) is 7.55. The molecule has 3 aliphatic rings. The second-order valence-electron chi connectivity index (χ2n) is 15.4. The lowest BCUT2D eigenvalue weighted by Crippen LogP contribution is -2.41. The van der Waals surface area contributed by atoms with Crippen LogP contribution < -0.4 is 4.74 Å². The molecule has 8 aromatic rings. The van der Waals surface area contributed by atoms with E-state index in [2.05, 4.69) is 171 Å². The Morgan fingerprint density at radius 2 is 0.912 bits per heavy atom. The second-order valence-corrected chi connectivity index (χ2v) is 15.4. The summed E-state index contributed by atoms with van der Waals surface area (Å²) in [4.78, 5) is 15.2. The van der Waals surface area contributed by atoms with E-state index in [0.29, 0.717) is 17.5 Å². The largest absolute Gasteiger partial charge is 0.457 e. The van der Waals surface area contributed by atoms with Crippen LogP contribution in [-0.4, -0.2) is 15.0 Å². The highest BCUT2D eigenvalue weighted by atomic mass is 16.5. The third-order valence-corrected chi connectivity index (χ3v) is 12.2. The lowest BCUT2D eigenvalue weighted by atomic mass is 9.59. The first-order chi connectivity index (χ1) is 28.1. The zero-order chi connectivity index (χ0) is 38.0. The van der Waals surface area contributed by atoms with E-state index < -0.39 is 5.41 Å². The summed E-state index contributed by atoms with van der Waals surface area (Å²) in [5.74, 6) is 3.84. The van der Waals surface area contributed by atoms with Crippen molar-refractivity contribution in [3.63, 3.8) is 0 Å². The van der Waals surface area contributed by atoms with Gasteiger partial charge in [-0.15, -0.1) is 0 Å². The molecule has 0 fully saturated rings. The van der Waals surface area contributed by atoms with Crippen molar-refractivity contribution in [3.05, 3.63) is 222 Å². The average molecular weight is 732 g/mol. The quantitative estimate of drug-likeness (QED) is 0.177. The minimum absolute atomic E-state index is 0.162. The lowest BCUT2D eigenvalue weighted by molar-refractivity contribution is 0.329. The van der Waals surface area contributed by atoms with E-state index in [1.807, 2.05) is 36.4 Å². The summed E-state index contributed by atoms with van der Waals surface area (Å²) < 4.78 is 6.86. The lowest BCUT2D eigenvalue weighted by Gasteiger charge is -2.45. The number of rotatable bonds is 5. The normalized spacial score (nSPS) is 19.6. The van der Waals surface area contributed by atoms with Gasteiger partial charge in [0, 0.05) is 39.2 Å². The fraction of sp³-hybridized carbons (Fsp3) is 0.0755. The van der Waals surface area contributed by atoms with Crippen LogP contribution in [0.2, 0.25) is 0 Å². The first kappa shape index (κ1) is 33.2. The van der Waals surface area contributed by atoms with Gasteiger partial charge >= 0.3 is 0 Å². The van der Waals surface area contributed by atoms with Crippen LogP contribution in [0.25, 0.3) is 56.4 Å². The highest BCUT2D eigenvalue weighted by Gasteiger charge is 2.60. The van der Waals surface area contributed by atoms with Crippen LogP contribution >= 0.6 is 0 Å². The number of aromatic nitrogens is 3. The van der Waals surface area contributed by atoms with E-state index in [-0.39, 0.29) is 11.3 Å². The number of nitrogens with zero attached hydrogens (tertiary/aromatic N) is 3. The summed E-state index contributed by atoms with van der Waals surface area (Å²) in [6.07, 6.45) is 9.22. The molecule has 0 saturated heterocycles. The molecule has 0 saturated carbocycles. The van der Waals surface area contributed by atoms with Crippen LogP contribution in [0.15, 0.2) is 200 Å². The summed E-state index contributed by atoms with van der Waals surface area (Å²) in [6, 6.07) is 61.8. The Labute approximate surface area is 332 Å². The van der Waals surface area contributed by atoms with Gasteiger partial charge < -0.3 is 4.74 Å². The molecule has 4 nitrogen and oxygen atoms in total. The number of benzene rings is 7. The third-order valence-electron chi connectivity index (χ3n) is 12.2. The van der Waals surface area contributed by atoms with E-state index in [4.69, 9.17) is 19.7 Å². The van der Waals surface area contributed by atoms with Gasteiger partial charge in [0.15, 0.2) is 17.5 Å². The third kappa shape index (κ3) is 5.18. The molecule has 0 N–H and O–H groups in total. The minimum Gasteiger partial charge on any atom is -0.457 e. The maximum absolute atomic E-state index is 6.86. The predicted octanol–water partition coefficient (Wildman–Crippen LogP) is 12.7. The maximum Gasteiger partial charge on any atom is 0.164 e. The molecule has 0 radical (unpaired) electrons. The molecular formula is C53H37N3O. The number of allylic oxidation sites excluding steroid dienone is 4. The first-order valence-electron chi connectivity index (χ1n) is 19.6. The molecule has 1 aliphatic heterocycles. The Morgan fingerprint density at radius 1 is 0.404 bits per heavy atom. The molecule has 11 rings (SSSR count). The number of hydrogen-bond acceptors (Lipinski definition) is 4. The van der Waals surface area contributed by atoms with Gasteiger partial charge in [0.1, 0.15) is 11.5 Å². The number of para-hydroxylation sites is 1. The fourth-order valence-electron chi connectivity index (χ4n) is 9.59. The Hall–Kier alpha value is -7.17.